The number of aliphatic imine (C=N–C) groups is 2. The van der Waals surface area contributed by atoms with Gasteiger partial charge in [0.05, 0.1) is 35.9 Å². The maximum absolute atomic E-state index is 5.65. The monoisotopic (exact) mass is 524 g/mol. The lowest BCUT2D eigenvalue weighted by atomic mass is 9.93. The number of methoxy groups -OCH3 is 1. The highest BCUT2D eigenvalue weighted by Crippen LogP contribution is 2.48. The number of aromatic nitrogens is 2. The van der Waals surface area contributed by atoms with Gasteiger partial charge in [-0.3, -0.25) is 0 Å². The van der Waals surface area contributed by atoms with Crippen molar-refractivity contribution in [3.63, 3.8) is 0 Å². The van der Waals surface area contributed by atoms with Gasteiger partial charge in [0.2, 0.25) is 0 Å². The van der Waals surface area contributed by atoms with Crippen LogP contribution >= 0.6 is 0 Å². The zero-order chi connectivity index (χ0) is 27.2. The Morgan fingerprint density at radius 2 is 1.57 bits per heavy atom. The van der Waals surface area contributed by atoms with Gasteiger partial charge in [-0.25, -0.2) is 14.7 Å². The predicted octanol–water partition coefficient (Wildman–Crippen LogP) is 7.29. The summed E-state index contributed by atoms with van der Waals surface area (Å²) in [5, 5.41) is 8.57. The van der Waals surface area contributed by atoms with Crippen molar-refractivity contribution in [1.82, 2.24) is 9.78 Å². The number of hydrogen-bond donors (Lipinski definition) is 1. The van der Waals surface area contributed by atoms with Crippen LogP contribution in [0.5, 0.6) is 5.75 Å². The molecule has 0 aliphatic carbocycles. The molecule has 2 aliphatic rings. The fraction of sp³-hybridized carbons (Fsp3) is 0.121. The Morgan fingerprint density at radius 3 is 2.38 bits per heavy atom. The van der Waals surface area contributed by atoms with E-state index in [1.165, 1.54) is 5.56 Å². The maximum Gasteiger partial charge on any atom is 0.179 e. The number of hydrogen-bond acceptors (Lipinski definition) is 6. The van der Waals surface area contributed by atoms with E-state index in [1.807, 2.05) is 65.3 Å². The average Bonchev–Trinajstić information content (AvgIpc) is 3.33. The van der Waals surface area contributed by atoms with Crippen molar-refractivity contribution < 1.29 is 4.74 Å². The molecule has 2 aliphatic heterocycles. The molecule has 1 N–H and O–H groups in total. The van der Waals surface area contributed by atoms with Crippen LogP contribution < -0.4 is 15.0 Å². The third-order valence-electron chi connectivity index (χ3n) is 7.36. The molecule has 1 aromatic heterocycles. The van der Waals surface area contributed by atoms with Crippen molar-refractivity contribution in [2.24, 2.45) is 9.98 Å². The van der Waals surface area contributed by atoms with Gasteiger partial charge in [0.25, 0.3) is 0 Å². The molecule has 0 fully saturated rings. The van der Waals surface area contributed by atoms with Crippen LogP contribution in [0.15, 0.2) is 113 Å². The highest BCUT2D eigenvalue weighted by atomic mass is 16.5. The number of aryl methyl sites for hydroxylation is 2. The van der Waals surface area contributed by atoms with E-state index < -0.39 is 0 Å². The lowest BCUT2D eigenvalue weighted by Gasteiger charge is -2.40. The molecule has 40 heavy (non-hydrogen) atoms. The molecule has 0 amide bonds. The average molecular weight is 525 g/mol. The Kier molecular flexibility index (Phi) is 5.70. The minimum Gasteiger partial charge on any atom is -0.497 e. The van der Waals surface area contributed by atoms with Crippen LogP contribution in [0.1, 0.15) is 28.4 Å². The van der Waals surface area contributed by atoms with Crippen molar-refractivity contribution in [1.29, 1.82) is 0 Å². The molecule has 196 valence electrons. The molecule has 7 nitrogen and oxygen atoms in total. The Labute approximate surface area is 233 Å². The van der Waals surface area contributed by atoms with Crippen molar-refractivity contribution in [3.8, 4) is 11.4 Å². The van der Waals surface area contributed by atoms with Gasteiger partial charge in [0.1, 0.15) is 5.75 Å². The summed E-state index contributed by atoms with van der Waals surface area (Å²) in [5.41, 5.74) is 8.00. The molecule has 0 saturated heterocycles. The zero-order valence-electron chi connectivity index (χ0n) is 22.5. The molecule has 0 radical (unpaired) electrons. The van der Waals surface area contributed by atoms with E-state index in [0.717, 1.165) is 57.0 Å². The van der Waals surface area contributed by atoms with Crippen LogP contribution in [0, 0.1) is 13.8 Å². The quantitative estimate of drug-likeness (QED) is 0.268. The second-order valence-corrected chi connectivity index (χ2v) is 9.99. The van der Waals surface area contributed by atoms with E-state index in [4.69, 9.17) is 19.8 Å². The maximum atomic E-state index is 5.65. The van der Waals surface area contributed by atoms with Crippen molar-refractivity contribution in [3.05, 3.63) is 126 Å². The largest absolute Gasteiger partial charge is 0.497 e. The Hall–Kier alpha value is -5.17. The van der Waals surface area contributed by atoms with Gasteiger partial charge in [-0.2, -0.15) is 5.10 Å². The first-order valence-electron chi connectivity index (χ1n) is 13.3. The Morgan fingerprint density at radius 1 is 0.800 bits per heavy atom. The molecule has 7 heteroatoms. The predicted molar refractivity (Wildman–Crippen MR) is 161 cm³/mol. The van der Waals surface area contributed by atoms with Gasteiger partial charge in [-0.15, -0.1) is 0 Å². The second kappa shape index (κ2) is 9.54. The number of benzene rings is 4. The van der Waals surface area contributed by atoms with Crippen LogP contribution in [-0.4, -0.2) is 28.6 Å². The molecule has 1 unspecified atom stereocenters. The highest BCUT2D eigenvalue weighted by molar-refractivity contribution is 6.51. The Balaban J connectivity index is 1.50. The lowest BCUT2D eigenvalue weighted by Crippen LogP contribution is -2.46. The smallest absolute Gasteiger partial charge is 0.179 e. The topological polar surface area (TPSA) is 67.0 Å². The van der Waals surface area contributed by atoms with E-state index in [-0.39, 0.29) is 6.04 Å². The zero-order valence-corrected chi connectivity index (χ0v) is 22.5. The first kappa shape index (κ1) is 23.9. The standard InChI is InChI=1S/C33H28N6O/c1-21-16-18-25(19-17-21)39-32-29(22(2)37-39)30(23-10-9-13-26(20-23)40-3)38-28-15-8-7-14-27(28)35-31(33(38)36-32)34-24-11-5-4-6-12-24/h4-20,30H,1-3H3,(H,34,35). The van der Waals surface area contributed by atoms with E-state index in [0.29, 0.717) is 5.84 Å². The normalized spacial score (nSPS) is 15.4. The molecule has 0 bridgehead atoms. The number of anilines is 2. The highest BCUT2D eigenvalue weighted by Gasteiger charge is 2.41. The van der Waals surface area contributed by atoms with Gasteiger partial charge in [-0.1, -0.05) is 60.2 Å². The summed E-state index contributed by atoms with van der Waals surface area (Å²) >= 11 is 0. The molecular formula is C33H28N6O. The minimum absolute atomic E-state index is 0.207. The summed E-state index contributed by atoms with van der Waals surface area (Å²) in [6.07, 6.45) is 0. The van der Waals surface area contributed by atoms with Gasteiger partial charge in [-0.05, 0) is 67.9 Å². The molecule has 5 aromatic rings. The summed E-state index contributed by atoms with van der Waals surface area (Å²) in [7, 11) is 1.70. The number of rotatable bonds is 4. The van der Waals surface area contributed by atoms with Crippen molar-refractivity contribution in [2.75, 3.05) is 17.3 Å². The van der Waals surface area contributed by atoms with E-state index in [1.54, 1.807) is 7.11 Å². The molecule has 7 rings (SSSR count). The Bertz CT molecular complexity index is 1790. The number of nitrogens with zero attached hydrogens (tertiary/aromatic N) is 5. The van der Waals surface area contributed by atoms with Crippen LogP contribution in [0.2, 0.25) is 0 Å². The molecule has 1 atom stereocenters. The van der Waals surface area contributed by atoms with E-state index in [9.17, 15) is 0 Å². The molecule has 0 spiro atoms. The van der Waals surface area contributed by atoms with Crippen LogP contribution in [0.25, 0.3) is 5.69 Å². The summed E-state index contributed by atoms with van der Waals surface area (Å²) in [6, 6.07) is 34.7. The number of para-hydroxylation sites is 3. The van der Waals surface area contributed by atoms with E-state index in [2.05, 4.69) is 66.5 Å². The third-order valence-corrected chi connectivity index (χ3v) is 7.36. The first-order chi connectivity index (χ1) is 19.6. The molecule has 0 saturated carbocycles. The fourth-order valence-corrected chi connectivity index (χ4v) is 5.45. The summed E-state index contributed by atoms with van der Waals surface area (Å²) in [6.45, 7) is 4.15. The van der Waals surface area contributed by atoms with Crippen LogP contribution in [-0.2, 0) is 0 Å². The van der Waals surface area contributed by atoms with Gasteiger partial charge in [0, 0.05) is 11.3 Å². The number of nitrogens with one attached hydrogen (secondary N) is 1. The van der Waals surface area contributed by atoms with Gasteiger partial charge < -0.3 is 15.0 Å². The van der Waals surface area contributed by atoms with Crippen molar-refractivity contribution >= 4 is 34.6 Å². The van der Waals surface area contributed by atoms with Gasteiger partial charge >= 0.3 is 0 Å². The van der Waals surface area contributed by atoms with E-state index >= 15 is 0 Å². The SMILES string of the molecule is COc1cccc(C2c3c(C)nn(-c4ccc(C)cc4)c3N=C3C(Nc4ccccc4)=Nc4ccccc4N32)c1. The summed E-state index contributed by atoms with van der Waals surface area (Å²) in [4.78, 5) is 12.6. The summed E-state index contributed by atoms with van der Waals surface area (Å²) < 4.78 is 7.60. The number of amidine groups is 2. The minimum atomic E-state index is -0.207. The molecule has 3 heterocycles. The molecule has 4 aromatic carbocycles. The second-order valence-electron chi connectivity index (χ2n) is 9.99. The first-order valence-corrected chi connectivity index (χ1v) is 13.3. The third kappa shape index (κ3) is 3.94. The lowest BCUT2D eigenvalue weighted by molar-refractivity contribution is 0.414. The van der Waals surface area contributed by atoms with Crippen LogP contribution in [0.4, 0.5) is 22.9 Å². The number of ether oxygens (including phenoxy) is 1. The number of fused-ring (bicyclic) bond motifs is 4. The fourth-order valence-electron chi connectivity index (χ4n) is 5.45. The van der Waals surface area contributed by atoms with Gasteiger partial charge in [0.15, 0.2) is 17.5 Å². The summed E-state index contributed by atoms with van der Waals surface area (Å²) in [5.74, 6) is 3.00. The van der Waals surface area contributed by atoms with Crippen LogP contribution in [0.3, 0.4) is 0 Å². The van der Waals surface area contributed by atoms with Crippen molar-refractivity contribution in [2.45, 2.75) is 19.9 Å². The molecular weight excluding hydrogens is 496 g/mol.